The maximum Gasteiger partial charge on any atom is 0.253 e. The number of hydrogen-bond donors (Lipinski definition) is 2. The highest BCUT2D eigenvalue weighted by Crippen LogP contribution is 2.11. The molecule has 1 atom stereocenters. The molecule has 3 N–H and O–H groups in total. The highest BCUT2D eigenvalue weighted by atomic mass is 16.1. The molecule has 2 aromatic heterocycles. The van der Waals surface area contributed by atoms with Gasteiger partial charge in [0.15, 0.2) is 0 Å². The van der Waals surface area contributed by atoms with Gasteiger partial charge in [0.25, 0.3) is 5.91 Å². The smallest absolute Gasteiger partial charge is 0.253 e. The first kappa shape index (κ1) is 12.0. The lowest BCUT2D eigenvalue weighted by atomic mass is 10.1. The maximum atomic E-state index is 11.9. The number of nitrogens with one attached hydrogen (secondary N) is 1. The van der Waals surface area contributed by atoms with E-state index < -0.39 is 0 Å². The molecule has 18 heavy (non-hydrogen) atoms. The second-order valence-corrected chi connectivity index (χ2v) is 3.95. The summed E-state index contributed by atoms with van der Waals surface area (Å²) < 4.78 is 0. The van der Waals surface area contributed by atoms with Gasteiger partial charge in [-0.15, -0.1) is 0 Å². The number of rotatable bonds is 3. The van der Waals surface area contributed by atoms with Crippen LogP contribution in [0.3, 0.4) is 0 Å². The summed E-state index contributed by atoms with van der Waals surface area (Å²) in [5, 5.41) is 2.88. The van der Waals surface area contributed by atoms with Gasteiger partial charge in [-0.3, -0.25) is 9.78 Å². The van der Waals surface area contributed by atoms with E-state index in [2.05, 4.69) is 15.3 Å². The van der Waals surface area contributed by atoms with Crippen LogP contribution in [0.2, 0.25) is 0 Å². The third-order valence-electron chi connectivity index (χ3n) is 2.60. The van der Waals surface area contributed by atoms with Crippen LogP contribution in [-0.4, -0.2) is 15.9 Å². The van der Waals surface area contributed by atoms with E-state index in [1.54, 1.807) is 24.5 Å². The third kappa shape index (κ3) is 2.82. The zero-order valence-electron chi connectivity index (χ0n) is 10.00. The van der Waals surface area contributed by atoms with Crippen LogP contribution in [0.25, 0.3) is 0 Å². The zero-order valence-corrected chi connectivity index (χ0v) is 10.00. The molecule has 1 amide bonds. The van der Waals surface area contributed by atoms with E-state index in [4.69, 9.17) is 5.73 Å². The van der Waals surface area contributed by atoms with Gasteiger partial charge in [0.05, 0.1) is 11.6 Å². The highest BCUT2D eigenvalue weighted by molar-refractivity contribution is 5.94. The quantitative estimate of drug-likeness (QED) is 0.855. The van der Waals surface area contributed by atoms with E-state index in [1.165, 1.54) is 6.20 Å². The topological polar surface area (TPSA) is 80.9 Å². The minimum atomic E-state index is -0.174. The summed E-state index contributed by atoms with van der Waals surface area (Å²) in [5.41, 5.74) is 6.96. The molecule has 0 aliphatic heterocycles. The summed E-state index contributed by atoms with van der Waals surface area (Å²) in [6.07, 6.45) is 4.86. The minimum Gasteiger partial charge on any atom is -0.384 e. The lowest BCUT2D eigenvalue weighted by molar-refractivity contribution is 0.0939. The van der Waals surface area contributed by atoms with Gasteiger partial charge in [-0.05, 0) is 36.8 Å². The van der Waals surface area contributed by atoms with Crippen LogP contribution in [0.4, 0.5) is 5.82 Å². The Hall–Kier alpha value is -2.43. The lowest BCUT2D eigenvalue weighted by Gasteiger charge is -2.13. The molecule has 0 spiro atoms. The molecule has 5 nitrogen and oxygen atoms in total. The van der Waals surface area contributed by atoms with Crippen LogP contribution in [0, 0.1) is 0 Å². The van der Waals surface area contributed by atoms with E-state index in [1.807, 2.05) is 19.1 Å². The number of carbonyl (C=O) groups excluding carboxylic acids is 1. The van der Waals surface area contributed by atoms with Gasteiger partial charge in [0, 0.05) is 18.6 Å². The monoisotopic (exact) mass is 242 g/mol. The molecular weight excluding hydrogens is 228 g/mol. The number of hydrogen-bond acceptors (Lipinski definition) is 4. The largest absolute Gasteiger partial charge is 0.384 e. The first-order chi connectivity index (χ1) is 8.66. The second-order valence-electron chi connectivity index (χ2n) is 3.95. The van der Waals surface area contributed by atoms with Crippen LogP contribution >= 0.6 is 0 Å². The number of carbonyl (C=O) groups is 1. The normalized spacial score (nSPS) is 11.8. The number of nitrogen functional groups attached to an aromatic ring is 1. The average Bonchev–Trinajstić information content (AvgIpc) is 2.40. The first-order valence-corrected chi connectivity index (χ1v) is 5.59. The number of amides is 1. The first-order valence-electron chi connectivity index (χ1n) is 5.59. The van der Waals surface area contributed by atoms with Crippen molar-refractivity contribution in [1.82, 2.24) is 15.3 Å². The maximum absolute atomic E-state index is 11.9. The van der Waals surface area contributed by atoms with Crippen molar-refractivity contribution in [2.75, 3.05) is 5.73 Å². The summed E-state index contributed by atoms with van der Waals surface area (Å²) in [4.78, 5) is 19.8. The van der Waals surface area contributed by atoms with Gasteiger partial charge in [-0.1, -0.05) is 0 Å². The molecule has 2 heterocycles. The van der Waals surface area contributed by atoms with Gasteiger partial charge < -0.3 is 11.1 Å². The lowest BCUT2D eigenvalue weighted by Crippen LogP contribution is -2.26. The minimum absolute atomic E-state index is 0.0851. The van der Waals surface area contributed by atoms with Crippen molar-refractivity contribution in [3.8, 4) is 0 Å². The number of aromatic nitrogens is 2. The van der Waals surface area contributed by atoms with Crippen molar-refractivity contribution in [3.05, 3.63) is 54.0 Å². The van der Waals surface area contributed by atoms with Crippen LogP contribution in [0.5, 0.6) is 0 Å². The Labute approximate surface area is 105 Å². The fourth-order valence-corrected chi connectivity index (χ4v) is 1.56. The summed E-state index contributed by atoms with van der Waals surface area (Å²) in [5.74, 6) is 0.223. The van der Waals surface area contributed by atoms with Gasteiger partial charge in [0.2, 0.25) is 0 Å². The average molecular weight is 242 g/mol. The van der Waals surface area contributed by atoms with Crippen molar-refractivity contribution in [3.63, 3.8) is 0 Å². The molecule has 0 fully saturated rings. The van der Waals surface area contributed by atoms with E-state index in [0.717, 1.165) is 5.56 Å². The highest BCUT2D eigenvalue weighted by Gasteiger charge is 2.11. The molecule has 0 saturated heterocycles. The summed E-state index contributed by atoms with van der Waals surface area (Å²) in [6, 6.07) is 6.90. The molecule has 2 aromatic rings. The molecule has 1 unspecified atom stereocenters. The second kappa shape index (κ2) is 5.27. The number of pyridine rings is 2. The third-order valence-corrected chi connectivity index (χ3v) is 2.60. The molecule has 0 aromatic carbocycles. The van der Waals surface area contributed by atoms with Crippen LogP contribution in [0.15, 0.2) is 42.9 Å². The van der Waals surface area contributed by atoms with Crippen molar-refractivity contribution in [2.45, 2.75) is 13.0 Å². The zero-order chi connectivity index (χ0) is 13.0. The van der Waals surface area contributed by atoms with Crippen LogP contribution in [0.1, 0.15) is 28.9 Å². The van der Waals surface area contributed by atoms with E-state index >= 15 is 0 Å². The fraction of sp³-hybridized carbons (Fsp3) is 0.154. The summed E-state index contributed by atoms with van der Waals surface area (Å²) in [7, 11) is 0. The SMILES string of the molecule is CC(NC(=O)c1ccc(N)nc1)c1ccncc1. The summed E-state index contributed by atoms with van der Waals surface area (Å²) in [6.45, 7) is 1.91. The molecule has 0 saturated carbocycles. The molecular formula is C13H14N4O. The Morgan fingerprint density at radius 3 is 2.61 bits per heavy atom. The molecule has 5 heteroatoms. The van der Waals surface area contributed by atoms with Gasteiger partial charge in [0.1, 0.15) is 5.82 Å². The molecule has 92 valence electrons. The Morgan fingerprint density at radius 2 is 2.00 bits per heavy atom. The standard InChI is InChI=1S/C13H14N4O/c1-9(10-4-6-15-7-5-10)17-13(18)11-2-3-12(14)16-8-11/h2-9H,1H3,(H2,14,16)(H,17,18). The Bertz CT molecular complexity index is 524. The number of nitrogens with two attached hydrogens (primary N) is 1. The molecule has 0 bridgehead atoms. The van der Waals surface area contributed by atoms with E-state index in [-0.39, 0.29) is 11.9 Å². The molecule has 0 aliphatic carbocycles. The number of nitrogens with zero attached hydrogens (tertiary/aromatic N) is 2. The predicted molar refractivity (Wildman–Crippen MR) is 68.8 cm³/mol. The predicted octanol–water partition coefficient (Wildman–Crippen LogP) is 1.55. The van der Waals surface area contributed by atoms with Crippen molar-refractivity contribution in [2.24, 2.45) is 0 Å². The van der Waals surface area contributed by atoms with Gasteiger partial charge in [-0.2, -0.15) is 0 Å². The summed E-state index contributed by atoms with van der Waals surface area (Å²) >= 11 is 0. The van der Waals surface area contributed by atoms with Crippen LogP contribution < -0.4 is 11.1 Å². The number of anilines is 1. The van der Waals surface area contributed by atoms with Gasteiger partial charge in [-0.25, -0.2) is 4.98 Å². The molecule has 0 radical (unpaired) electrons. The Morgan fingerprint density at radius 1 is 1.28 bits per heavy atom. The Balaban J connectivity index is 2.06. The molecule has 2 rings (SSSR count). The Kier molecular flexibility index (Phi) is 3.52. The van der Waals surface area contributed by atoms with Crippen molar-refractivity contribution in [1.29, 1.82) is 0 Å². The van der Waals surface area contributed by atoms with E-state index in [9.17, 15) is 4.79 Å². The van der Waals surface area contributed by atoms with Crippen molar-refractivity contribution < 1.29 is 4.79 Å². The molecule has 0 aliphatic rings. The van der Waals surface area contributed by atoms with Crippen molar-refractivity contribution >= 4 is 11.7 Å². The van der Waals surface area contributed by atoms with E-state index in [0.29, 0.717) is 11.4 Å². The fourth-order valence-electron chi connectivity index (χ4n) is 1.56. The van der Waals surface area contributed by atoms with Gasteiger partial charge >= 0.3 is 0 Å². The van der Waals surface area contributed by atoms with Crippen LogP contribution in [-0.2, 0) is 0 Å².